The zero-order valence-corrected chi connectivity index (χ0v) is 39.8. The van der Waals surface area contributed by atoms with Crippen molar-refractivity contribution in [2.24, 2.45) is 56.7 Å². The molecule has 19 nitrogen and oxygen atoms in total. The maximum absolute atomic E-state index is 15.0. The van der Waals surface area contributed by atoms with Gasteiger partial charge in [-0.15, -0.1) is 0 Å². The van der Waals surface area contributed by atoms with E-state index in [9.17, 15) is 61.3 Å². The Morgan fingerprint density at radius 2 is 1.34 bits per heavy atom. The van der Waals surface area contributed by atoms with Crippen molar-refractivity contribution in [3.05, 3.63) is 11.6 Å². The van der Waals surface area contributed by atoms with Gasteiger partial charge >= 0.3 is 5.97 Å². The third-order valence-electron chi connectivity index (χ3n) is 19.7. The van der Waals surface area contributed by atoms with Crippen molar-refractivity contribution in [2.45, 2.75) is 204 Å². The quantitative estimate of drug-likeness (QED) is 0.0971. The summed E-state index contributed by atoms with van der Waals surface area (Å²) in [7, 11) is 0. The molecule has 19 heteroatoms. The second kappa shape index (κ2) is 18.5. The molecule has 3 aliphatic heterocycles. The van der Waals surface area contributed by atoms with E-state index in [1.54, 1.807) is 0 Å². The molecule has 12 N–H and O–H groups in total. The monoisotopic (exact) mass is 959 g/mol. The second-order valence-electron chi connectivity index (χ2n) is 22.9. The molecule has 0 unspecified atom stereocenters. The van der Waals surface area contributed by atoms with Crippen molar-refractivity contribution < 1.29 is 94.5 Å². The van der Waals surface area contributed by atoms with E-state index in [1.165, 1.54) is 12.5 Å². The van der Waals surface area contributed by atoms with Gasteiger partial charge in [0.15, 0.2) is 12.6 Å². The molecule has 27 atom stereocenters. The molecule has 8 aliphatic rings. The number of esters is 1. The van der Waals surface area contributed by atoms with E-state index in [1.807, 2.05) is 6.92 Å². The maximum Gasteiger partial charge on any atom is 0.315 e. The number of ether oxygens (including phenoxy) is 6. The smallest absolute Gasteiger partial charge is 0.315 e. The lowest BCUT2D eigenvalue weighted by molar-refractivity contribution is -0.361. The van der Waals surface area contributed by atoms with E-state index >= 15 is 4.79 Å². The lowest BCUT2D eigenvalue weighted by Crippen LogP contribution is -2.68. The Labute approximate surface area is 392 Å². The van der Waals surface area contributed by atoms with E-state index < -0.39 is 134 Å². The van der Waals surface area contributed by atoms with Gasteiger partial charge in [0.2, 0.25) is 6.29 Å². The first-order valence-electron chi connectivity index (χ1n) is 24.5. The summed E-state index contributed by atoms with van der Waals surface area (Å²) in [6, 6.07) is 0. The van der Waals surface area contributed by atoms with Crippen LogP contribution in [0.1, 0.15) is 99.8 Å². The minimum Gasteiger partial charge on any atom is -0.432 e. The highest BCUT2D eigenvalue weighted by Crippen LogP contribution is 2.76. The van der Waals surface area contributed by atoms with Crippen LogP contribution in [0, 0.1) is 56.7 Å². The van der Waals surface area contributed by atoms with Crippen LogP contribution < -0.4 is 0 Å². The summed E-state index contributed by atoms with van der Waals surface area (Å²) in [6.07, 6.45) is -18.9. The van der Waals surface area contributed by atoms with Gasteiger partial charge in [0.1, 0.15) is 67.1 Å². The summed E-state index contributed by atoms with van der Waals surface area (Å²) in [6.45, 7) is 13.0. The first-order chi connectivity index (χ1) is 31.4. The number of carbonyl (C=O) groups excluding carboxylic acids is 1. The predicted molar refractivity (Wildman–Crippen MR) is 231 cm³/mol. The molecular weight excluding hydrogens is 881 g/mol. The third kappa shape index (κ3) is 7.92. The van der Waals surface area contributed by atoms with Crippen LogP contribution in [0.3, 0.4) is 0 Å². The first-order valence-corrected chi connectivity index (χ1v) is 24.5. The highest BCUT2D eigenvalue weighted by Gasteiger charge is 2.71. The molecule has 0 aromatic heterocycles. The minimum atomic E-state index is -1.86. The summed E-state index contributed by atoms with van der Waals surface area (Å²) < 4.78 is 34.7. The van der Waals surface area contributed by atoms with Crippen LogP contribution >= 0.6 is 0 Å². The Bertz CT molecular complexity index is 1820. The van der Waals surface area contributed by atoms with Gasteiger partial charge in [-0.2, -0.15) is 0 Å². The number of hydrogen-bond acceptors (Lipinski definition) is 19. The Hall–Kier alpha value is -1.47. The summed E-state index contributed by atoms with van der Waals surface area (Å²) in [5, 5.41) is 130. The molecule has 4 saturated carbocycles. The summed E-state index contributed by atoms with van der Waals surface area (Å²) in [4.78, 5) is 15.0. The zero-order chi connectivity index (χ0) is 49.1. The fourth-order valence-corrected chi connectivity index (χ4v) is 15.2. The molecule has 8 rings (SSSR count). The molecule has 384 valence electrons. The lowest BCUT2D eigenvalue weighted by Gasteiger charge is -2.71. The summed E-state index contributed by atoms with van der Waals surface area (Å²) >= 11 is 0. The van der Waals surface area contributed by atoms with Crippen LogP contribution in [0.15, 0.2) is 11.6 Å². The molecule has 3 heterocycles. The Morgan fingerprint density at radius 1 is 0.701 bits per heavy atom. The van der Waals surface area contributed by atoms with Gasteiger partial charge in [0.05, 0.1) is 43.5 Å². The van der Waals surface area contributed by atoms with Crippen molar-refractivity contribution >= 4 is 5.97 Å². The van der Waals surface area contributed by atoms with Crippen LogP contribution in [-0.2, 0) is 33.2 Å². The summed E-state index contributed by atoms with van der Waals surface area (Å²) in [5.41, 5.74) is -1.64. The van der Waals surface area contributed by atoms with Gasteiger partial charge < -0.3 is 89.7 Å². The van der Waals surface area contributed by atoms with E-state index in [0.717, 1.165) is 19.3 Å². The second-order valence-corrected chi connectivity index (χ2v) is 22.9. The largest absolute Gasteiger partial charge is 0.432 e. The van der Waals surface area contributed by atoms with Crippen molar-refractivity contribution in [3.63, 3.8) is 0 Å². The summed E-state index contributed by atoms with van der Waals surface area (Å²) in [5.74, 6) is -0.386. The Kier molecular flexibility index (Phi) is 14.4. The third-order valence-corrected chi connectivity index (χ3v) is 19.7. The fourth-order valence-electron chi connectivity index (χ4n) is 15.2. The highest BCUT2D eigenvalue weighted by molar-refractivity contribution is 5.79. The standard InChI is InChI=1S/C48H78O19/c1-20-10-13-48(15-14-46(6)23(29(48)21(20)2)8-9-28-44(4)16-24(51)39(60)45(5,19-50)27(44)11-12-47(28,46)7)43(61)67-42-36(58)33(55)31(53)26(65-42)18-62-40-37(59)34(56)38(25(17-49)64-40)66-41-35(57)32(54)30(52)22(3)63-41/h8,20-22,24-42,49-60H,9-19H2,1-7H3/t20-,21+,22-,24-,25-,26-,27-,28-,29+,30+,31-,32-,33+,34-,35-,36-,37-,38-,39+,40-,41+,42+,44-,45+,46-,47+,48+/m1/s1. The molecule has 0 aromatic rings. The van der Waals surface area contributed by atoms with E-state index in [0.29, 0.717) is 32.1 Å². The van der Waals surface area contributed by atoms with Crippen molar-refractivity contribution in [1.29, 1.82) is 0 Å². The van der Waals surface area contributed by atoms with Crippen LogP contribution in [0.4, 0.5) is 0 Å². The average Bonchev–Trinajstić information content (AvgIpc) is 3.29. The molecule has 5 aliphatic carbocycles. The van der Waals surface area contributed by atoms with Crippen molar-refractivity contribution in [3.8, 4) is 0 Å². The molecule has 0 aromatic carbocycles. The Balaban J connectivity index is 0.985. The van der Waals surface area contributed by atoms with E-state index in [4.69, 9.17) is 28.4 Å². The van der Waals surface area contributed by atoms with Gasteiger partial charge in [0, 0.05) is 5.41 Å². The number of aliphatic hydroxyl groups excluding tert-OH is 12. The van der Waals surface area contributed by atoms with E-state index in [-0.39, 0.29) is 52.4 Å². The van der Waals surface area contributed by atoms with Crippen LogP contribution in [-0.4, -0.2) is 191 Å². The number of carbonyl (C=O) groups is 1. The molecule has 7 fully saturated rings. The SMILES string of the molecule is C[C@H]1[C@H](C)CC[C@]2(C(=O)O[C@@H]3O[C@H](CO[C@@H]4O[C@H](CO)[C@@H](O[C@@H]5O[C@H](C)[C@H](O)[C@@H](O)[C@H]5O)[C@H](O)[C@H]4O)[C@@H](O)[C@H](O)[C@H]3O)CC[C@]3(C)C(=CC[C@@H]4[C@]5(C)C[C@@H](O)[C@H](O)[C@@](C)(CO)[C@@H]5CC[C@@]43C)[C@H]12. The van der Waals surface area contributed by atoms with Gasteiger partial charge in [-0.25, -0.2) is 0 Å². The molecule has 67 heavy (non-hydrogen) atoms. The number of allylic oxidation sites excluding steroid dienone is 2. The normalized spacial score (nSPS) is 56.7. The minimum absolute atomic E-state index is 0.0112. The molecule has 0 radical (unpaired) electrons. The highest BCUT2D eigenvalue weighted by atomic mass is 16.8. The number of rotatable bonds is 9. The van der Waals surface area contributed by atoms with Crippen LogP contribution in [0.25, 0.3) is 0 Å². The maximum atomic E-state index is 15.0. The molecule has 0 bridgehead atoms. The lowest BCUT2D eigenvalue weighted by atomic mass is 9.33. The molecule has 0 amide bonds. The van der Waals surface area contributed by atoms with Gasteiger partial charge in [-0.3, -0.25) is 4.79 Å². The Morgan fingerprint density at radius 3 is 2.01 bits per heavy atom. The number of fused-ring (bicyclic) bond motifs is 7. The fraction of sp³-hybridized carbons (Fsp3) is 0.938. The number of hydrogen-bond donors (Lipinski definition) is 12. The predicted octanol–water partition coefficient (Wildman–Crippen LogP) is -1.03. The van der Waals surface area contributed by atoms with E-state index in [2.05, 4.69) is 40.7 Å². The molecule has 0 spiro atoms. The van der Waals surface area contributed by atoms with Crippen molar-refractivity contribution in [1.82, 2.24) is 0 Å². The number of aliphatic hydroxyl groups is 12. The van der Waals surface area contributed by atoms with Crippen molar-refractivity contribution in [2.75, 3.05) is 19.8 Å². The average molecular weight is 959 g/mol. The first kappa shape index (κ1) is 51.9. The zero-order valence-electron chi connectivity index (χ0n) is 39.8. The molecule has 3 saturated heterocycles. The van der Waals surface area contributed by atoms with Gasteiger partial charge in [-0.05, 0) is 104 Å². The van der Waals surface area contributed by atoms with Crippen LogP contribution in [0.2, 0.25) is 0 Å². The van der Waals surface area contributed by atoms with Crippen LogP contribution in [0.5, 0.6) is 0 Å². The molecular formula is C48H78O19. The topological polar surface area (TPSA) is 315 Å². The van der Waals surface area contributed by atoms with Gasteiger partial charge in [-0.1, -0.05) is 53.2 Å². The van der Waals surface area contributed by atoms with Gasteiger partial charge in [0.25, 0.3) is 0 Å².